The molecule has 16 heteroatoms. The molecule has 14 nitrogen and oxygen atoms in total. The molecule has 1 aliphatic carbocycles. The van der Waals surface area contributed by atoms with Crippen LogP contribution in [-0.4, -0.2) is 93.8 Å². The lowest BCUT2D eigenvalue weighted by molar-refractivity contribution is -0.141. The fraction of sp³-hybridized carbons (Fsp3) is 0.571. The summed E-state index contributed by atoms with van der Waals surface area (Å²) in [6.07, 6.45) is 5.03. The summed E-state index contributed by atoms with van der Waals surface area (Å²) in [6, 6.07) is 3.52. The topological polar surface area (TPSA) is 181 Å². The quantitative estimate of drug-likeness (QED) is 0.277. The van der Waals surface area contributed by atoms with E-state index < -0.39 is 85.0 Å². The number of cyclic esters (lactones) is 1. The van der Waals surface area contributed by atoms with E-state index in [-0.39, 0.29) is 13.0 Å². The number of fused-ring (bicyclic) bond motifs is 3. The highest BCUT2D eigenvalue weighted by Crippen LogP contribution is 2.53. The van der Waals surface area contributed by atoms with E-state index in [0.29, 0.717) is 38.8 Å². The highest BCUT2D eigenvalue weighted by Gasteiger charge is 2.63. The van der Waals surface area contributed by atoms with Gasteiger partial charge in [-0.3, -0.25) is 19.3 Å². The predicted molar refractivity (Wildman–Crippen MR) is 189 cm³/mol. The number of amides is 5. The van der Waals surface area contributed by atoms with Crippen LogP contribution in [0.15, 0.2) is 36.9 Å². The van der Waals surface area contributed by atoms with E-state index >= 15 is 0 Å². The molecule has 5 atom stereocenters. The molecule has 0 aromatic heterocycles. The van der Waals surface area contributed by atoms with Gasteiger partial charge in [0.1, 0.15) is 23.8 Å². The number of rotatable bonds is 7. The molecule has 276 valence electrons. The minimum Gasteiger partial charge on any atom is -0.444 e. The van der Waals surface area contributed by atoms with Gasteiger partial charge < -0.3 is 25.0 Å². The van der Waals surface area contributed by atoms with Crippen molar-refractivity contribution in [3.05, 3.63) is 53.6 Å². The van der Waals surface area contributed by atoms with Crippen molar-refractivity contribution in [1.29, 1.82) is 0 Å². The summed E-state index contributed by atoms with van der Waals surface area (Å²) >= 11 is 1.02. The molecule has 1 aromatic carbocycles. The monoisotopic (exact) mass is 743 g/mol. The van der Waals surface area contributed by atoms with Crippen molar-refractivity contribution < 1.29 is 41.9 Å². The molecule has 0 unspecified atom stereocenters. The molecular weight excluding hydrogens is 699 g/mol. The number of hydrogen-bond donors (Lipinski definition) is 3. The first-order valence-electron chi connectivity index (χ1n) is 17.2. The van der Waals surface area contributed by atoms with Gasteiger partial charge in [-0.15, -0.1) is 18.3 Å². The van der Waals surface area contributed by atoms with Gasteiger partial charge in [0, 0.05) is 13.0 Å². The third kappa shape index (κ3) is 7.76. The molecule has 6 rings (SSSR count). The smallest absolute Gasteiger partial charge is 0.410 e. The summed E-state index contributed by atoms with van der Waals surface area (Å²) in [6.45, 7) is 11.3. The van der Waals surface area contributed by atoms with Crippen molar-refractivity contribution >= 4 is 57.8 Å². The number of ether oxygens (including phenoxy) is 2. The maximum Gasteiger partial charge on any atom is 0.410 e. The van der Waals surface area contributed by atoms with Crippen molar-refractivity contribution in [3.8, 4) is 0 Å². The summed E-state index contributed by atoms with van der Waals surface area (Å²) < 4.78 is 39.0. The fourth-order valence-corrected chi connectivity index (χ4v) is 9.19. The molecule has 51 heavy (non-hydrogen) atoms. The molecule has 0 spiro atoms. The first-order valence-corrected chi connectivity index (χ1v) is 19.7. The average Bonchev–Trinajstić information content (AvgIpc) is 3.95. The number of sulfonamides is 1. The molecule has 4 heterocycles. The number of benzene rings is 1. The SMILES string of the molecule is C=C[C@@H]1S[C@]1(NC(=O)[C@@H]1C[C@@H]2CN1C(=O)[C@H](C(C)C)NC(=O)OC(C)(C)CC/C=C/c1cccc3c1CN(C3)C(=O)O2)C(=O)NS(=O)(=O)C1CC1. The van der Waals surface area contributed by atoms with Gasteiger partial charge in [-0.25, -0.2) is 22.7 Å². The summed E-state index contributed by atoms with van der Waals surface area (Å²) in [5.41, 5.74) is 2.06. The minimum atomic E-state index is -3.92. The predicted octanol–water partition coefficient (Wildman–Crippen LogP) is 3.17. The summed E-state index contributed by atoms with van der Waals surface area (Å²) in [4.78, 5) is 69.6. The van der Waals surface area contributed by atoms with Gasteiger partial charge in [-0.05, 0) is 62.1 Å². The van der Waals surface area contributed by atoms with Gasteiger partial charge in [-0.2, -0.15) is 0 Å². The van der Waals surface area contributed by atoms with E-state index in [1.165, 1.54) is 11.0 Å². The summed E-state index contributed by atoms with van der Waals surface area (Å²) in [5, 5.41) is 4.10. The van der Waals surface area contributed by atoms with Crippen molar-refractivity contribution in [2.24, 2.45) is 5.92 Å². The van der Waals surface area contributed by atoms with E-state index in [1.807, 2.05) is 30.4 Å². The summed E-state index contributed by atoms with van der Waals surface area (Å²) in [5.74, 6) is -2.67. The molecule has 4 bridgehead atoms. The highest BCUT2D eigenvalue weighted by atomic mass is 32.2. The van der Waals surface area contributed by atoms with Crippen LogP contribution in [0, 0.1) is 5.92 Å². The first-order chi connectivity index (χ1) is 24.0. The zero-order valence-electron chi connectivity index (χ0n) is 29.2. The Morgan fingerprint density at radius 2 is 1.90 bits per heavy atom. The van der Waals surface area contributed by atoms with Gasteiger partial charge in [0.15, 0.2) is 4.87 Å². The van der Waals surface area contributed by atoms with Crippen LogP contribution in [0.5, 0.6) is 0 Å². The maximum absolute atomic E-state index is 14.3. The standard InChI is InChI=1S/C35H45N5O9S2/c1-6-27-35(50-27,31(43)38-51(46,47)24-13-14-24)37-29(41)26-16-23-18-40(26)30(42)28(20(2)3)36-32(44)49-34(4,5)15-8-7-10-21-11-9-12-22-17-39(19-25(21)22)33(45)48-23/h6-7,9-12,20,23-24,26-28H,1,8,13-19H2,2-5H3,(H,36,44)(H,37,41)(H,38,43)/b10-7+/t23-,26+,27+,28+,35+/m1/s1. The Morgan fingerprint density at radius 3 is 2.57 bits per heavy atom. The molecule has 5 amide bonds. The van der Waals surface area contributed by atoms with Crippen LogP contribution in [0.4, 0.5) is 9.59 Å². The first kappa shape index (κ1) is 36.7. The molecule has 1 saturated carbocycles. The maximum atomic E-state index is 14.3. The number of carbonyl (C=O) groups is 5. The van der Waals surface area contributed by atoms with E-state index in [9.17, 15) is 32.4 Å². The Labute approximate surface area is 302 Å². The van der Waals surface area contributed by atoms with E-state index in [1.54, 1.807) is 32.6 Å². The van der Waals surface area contributed by atoms with Gasteiger partial charge in [-0.1, -0.05) is 50.3 Å². The number of alkyl carbamates (subject to hydrolysis) is 1. The second-order valence-electron chi connectivity index (χ2n) is 14.7. The average molecular weight is 744 g/mol. The molecular formula is C35H45N5O9S2. The van der Waals surface area contributed by atoms with E-state index in [4.69, 9.17) is 9.47 Å². The summed E-state index contributed by atoms with van der Waals surface area (Å²) in [7, 11) is -3.92. The van der Waals surface area contributed by atoms with Crippen LogP contribution in [0.1, 0.15) is 76.5 Å². The Morgan fingerprint density at radius 1 is 1.16 bits per heavy atom. The van der Waals surface area contributed by atoms with Gasteiger partial charge in [0.2, 0.25) is 21.8 Å². The molecule has 3 fully saturated rings. The van der Waals surface area contributed by atoms with Crippen molar-refractivity contribution in [2.75, 3.05) is 6.54 Å². The highest BCUT2D eigenvalue weighted by molar-refractivity contribution is 8.10. The van der Waals surface area contributed by atoms with Crippen LogP contribution in [-0.2, 0) is 47.0 Å². The molecule has 5 aliphatic rings. The molecule has 2 saturated heterocycles. The largest absolute Gasteiger partial charge is 0.444 e. The van der Waals surface area contributed by atoms with Crippen molar-refractivity contribution in [1.82, 2.24) is 25.2 Å². The lowest BCUT2D eigenvalue weighted by atomic mass is 10.00. The number of thioether (sulfide) groups is 1. The van der Waals surface area contributed by atoms with Gasteiger partial charge in [0.25, 0.3) is 5.91 Å². The normalized spacial score (nSPS) is 29.9. The molecule has 1 aromatic rings. The van der Waals surface area contributed by atoms with Gasteiger partial charge in [0.05, 0.1) is 23.6 Å². The lowest BCUT2D eigenvalue weighted by Crippen LogP contribution is -2.59. The van der Waals surface area contributed by atoms with E-state index in [2.05, 4.69) is 21.9 Å². The minimum absolute atomic E-state index is 0.0954. The van der Waals surface area contributed by atoms with Crippen LogP contribution in [0.2, 0.25) is 0 Å². The van der Waals surface area contributed by atoms with Crippen LogP contribution < -0.4 is 15.4 Å². The van der Waals surface area contributed by atoms with Crippen LogP contribution in [0.3, 0.4) is 0 Å². The molecule has 3 N–H and O–H groups in total. The number of allylic oxidation sites excluding steroid dienone is 1. The zero-order chi connectivity index (χ0) is 36.9. The second-order valence-corrected chi connectivity index (χ2v) is 18.1. The number of hydrogen-bond acceptors (Lipinski definition) is 10. The van der Waals surface area contributed by atoms with Crippen molar-refractivity contribution in [2.45, 2.75) is 112 Å². The Hall–Kier alpha value is -4.05. The number of carbonyl (C=O) groups excluding carboxylic acids is 5. The number of nitrogens with one attached hydrogen (secondary N) is 3. The number of nitrogens with zero attached hydrogens (tertiary/aromatic N) is 2. The van der Waals surface area contributed by atoms with Gasteiger partial charge >= 0.3 is 12.2 Å². The zero-order valence-corrected chi connectivity index (χ0v) is 30.8. The molecule has 4 aliphatic heterocycles. The third-order valence-electron chi connectivity index (χ3n) is 9.89. The molecule has 0 radical (unpaired) electrons. The Kier molecular flexibility index (Phi) is 9.96. The lowest BCUT2D eigenvalue weighted by Gasteiger charge is -2.32. The second kappa shape index (κ2) is 13.8. The van der Waals surface area contributed by atoms with Crippen molar-refractivity contribution in [3.63, 3.8) is 0 Å². The fourth-order valence-electron chi connectivity index (χ4n) is 6.77. The van der Waals surface area contributed by atoms with Crippen LogP contribution in [0.25, 0.3) is 6.08 Å². The van der Waals surface area contributed by atoms with Crippen LogP contribution >= 0.6 is 11.8 Å². The third-order valence-corrected chi connectivity index (χ3v) is 13.2. The Balaban J connectivity index is 1.28. The van der Waals surface area contributed by atoms with E-state index in [0.717, 1.165) is 28.5 Å². The Bertz CT molecular complexity index is 1780.